The molecule has 0 saturated carbocycles. The fourth-order valence-electron chi connectivity index (χ4n) is 2.38. The molecule has 0 unspecified atom stereocenters. The van der Waals surface area contributed by atoms with E-state index in [0.29, 0.717) is 6.07 Å². The van der Waals surface area contributed by atoms with Crippen molar-refractivity contribution in [3.05, 3.63) is 62.6 Å². The van der Waals surface area contributed by atoms with Crippen molar-refractivity contribution in [3.8, 4) is 0 Å². The third-order valence-electron chi connectivity index (χ3n) is 3.74. The number of carbonyl (C=O) groups is 2. The summed E-state index contributed by atoms with van der Waals surface area (Å²) in [6.07, 6.45) is -4.61. The van der Waals surface area contributed by atoms with Crippen molar-refractivity contribution in [2.45, 2.75) is 32.5 Å². The van der Waals surface area contributed by atoms with Gasteiger partial charge in [0.1, 0.15) is 0 Å². The van der Waals surface area contributed by atoms with E-state index in [4.69, 9.17) is 34.8 Å². The van der Waals surface area contributed by atoms with Gasteiger partial charge in [0.25, 0.3) is 5.91 Å². The summed E-state index contributed by atoms with van der Waals surface area (Å²) < 4.78 is 38.7. The molecule has 0 aliphatic heterocycles. The fraction of sp³-hybridized carbons (Fsp3) is 0.263. The number of hydrogen-bond donors (Lipinski definition) is 2. The number of hydrazine groups is 1. The van der Waals surface area contributed by atoms with Crippen LogP contribution in [0.1, 0.15) is 36.7 Å². The van der Waals surface area contributed by atoms with Crippen LogP contribution < -0.4 is 10.7 Å². The Labute approximate surface area is 186 Å². The van der Waals surface area contributed by atoms with Crippen LogP contribution >= 0.6 is 34.8 Å². The zero-order chi connectivity index (χ0) is 22.9. The molecule has 0 atom stereocenters. The number of anilines is 1. The molecule has 3 amide bonds. The molecule has 2 rings (SSSR count). The van der Waals surface area contributed by atoms with Gasteiger partial charge in [0.05, 0.1) is 21.8 Å². The van der Waals surface area contributed by atoms with Crippen LogP contribution in [-0.4, -0.2) is 22.5 Å². The van der Waals surface area contributed by atoms with Gasteiger partial charge in [0, 0.05) is 15.6 Å². The standard InChI is InChI=1S/C19H17Cl3F3N3O2/c1-18(2,3)28(16(29)10-6-12(20)9-13(21)7-10)27-17(30)26-15-8-11(19(23,24)25)4-5-14(15)22/h4-9H,1-3H3,(H2,26,27,30). The van der Waals surface area contributed by atoms with E-state index in [-0.39, 0.29) is 26.3 Å². The van der Waals surface area contributed by atoms with Gasteiger partial charge in [-0.05, 0) is 57.2 Å². The zero-order valence-electron chi connectivity index (χ0n) is 16.0. The summed E-state index contributed by atoms with van der Waals surface area (Å²) in [6.45, 7) is 4.94. The minimum absolute atomic E-state index is 0.103. The lowest BCUT2D eigenvalue weighted by Crippen LogP contribution is -2.56. The van der Waals surface area contributed by atoms with E-state index in [1.165, 1.54) is 18.2 Å². The molecule has 0 heterocycles. The highest BCUT2D eigenvalue weighted by Gasteiger charge is 2.32. The maximum Gasteiger partial charge on any atom is 0.416 e. The third-order valence-corrected chi connectivity index (χ3v) is 4.50. The molecule has 0 aliphatic carbocycles. The SMILES string of the molecule is CC(C)(C)N(NC(=O)Nc1cc(C(F)(F)F)ccc1Cl)C(=O)c1cc(Cl)cc(Cl)c1. The number of carbonyl (C=O) groups excluding carboxylic acids is 2. The van der Waals surface area contributed by atoms with Crippen molar-refractivity contribution in [2.75, 3.05) is 5.32 Å². The summed E-state index contributed by atoms with van der Waals surface area (Å²) in [5.74, 6) is -0.628. The van der Waals surface area contributed by atoms with Gasteiger partial charge in [-0.25, -0.2) is 15.2 Å². The molecule has 0 saturated heterocycles. The van der Waals surface area contributed by atoms with Crippen LogP contribution in [0.15, 0.2) is 36.4 Å². The highest BCUT2D eigenvalue weighted by Crippen LogP contribution is 2.33. The molecule has 11 heteroatoms. The number of halogens is 6. The van der Waals surface area contributed by atoms with Gasteiger partial charge in [-0.3, -0.25) is 4.79 Å². The molecule has 2 aromatic carbocycles. The van der Waals surface area contributed by atoms with E-state index < -0.39 is 29.2 Å². The van der Waals surface area contributed by atoms with Gasteiger partial charge < -0.3 is 5.32 Å². The number of urea groups is 1. The highest BCUT2D eigenvalue weighted by molar-refractivity contribution is 6.35. The number of nitrogens with zero attached hydrogens (tertiary/aromatic N) is 1. The Morgan fingerprint density at radius 3 is 2.00 bits per heavy atom. The average Bonchev–Trinajstić information content (AvgIpc) is 2.58. The first-order valence-electron chi connectivity index (χ1n) is 8.43. The topological polar surface area (TPSA) is 61.4 Å². The molecule has 0 radical (unpaired) electrons. The normalized spacial score (nSPS) is 11.8. The summed E-state index contributed by atoms with van der Waals surface area (Å²) in [6, 6.07) is 5.72. The molecule has 0 spiro atoms. The van der Waals surface area contributed by atoms with Gasteiger partial charge in [0.15, 0.2) is 0 Å². The Morgan fingerprint density at radius 2 is 1.50 bits per heavy atom. The van der Waals surface area contributed by atoms with Gasteiger partial charge in [-0.15, -0.1) is 0 Å². The predicted octanol–water partition coefficient (Wildman–Crippen LogP) is 6.64. The first-order chi connectivity index (χ1) is 13.7. The quantitative estimate of drug-likeness (QED) is 0.471. The summed E-state index contributed by atoms with van der Waals surface area (Å²) in [4.78, 5) is 25.4. The van der Waals surface area contributed by atoms with Gasteiger partial charge in [-0.1, -0.05) is 34.8 Å². The Morgan fingerprint density at radius 1 is 0.933 bits per heavy atom. The summed E-state index contributed by atoms with van der Waals surface area (Å²) in [7, 11) is 0. The van der Waals surface area contributed by atoms with Crippen molar-refractivity contribution < 1.29 is 22.8 Å². The van der Waals surface area contributed by atoms with Crippen LogP contribution in [0, 0.1) is 0 Å². The highest BCUT2D eigenvalue weighted by atomic mass is 35.5. The maximum atomic E-state index is 12.9. The molecule has 2 N–H and O–H groups in total. The molecule has 162 valence electrons. The summed E-state index contributed by atoms with van der Waals surface area (Å²) in [5.41, 5.74) is 0.291. The van der Waals surface area contributed by atoms with Crippen LogP contribution in [-0.2, 0) is 6.18 Å². The fourth-order valence-corrected chi connectivity index (χ4v) is 3.07. The molecule has 0 fully saturated rings. The average molecular weight is 483 g/mol. The Balaban J connectivity index is 2.28. The van der Waals surface area contributed by atoms with Crippen LogP contribution in [0.4, 0.5) is 23.7 Å². The lowest BCUT2D eigenvalue weighted by molar-refractivity contribution is -0.137. The molecule has 0 aliphatic rings. The lowest BCUT2D eigenvalue weighted by atomic mass is 10.1. The molecule has 2 aromatic rings. The first kappa shape index (κ1) is 24.1. The Kier molecular flexibility index (Phi) is 7.16. The van der Waals surface area contributed by atoms with Gasteiger partial charge in [0.2, 0.25) is 0 Å². The number of rotatable bonds is 2. The van der Waals surface area contributed by atoms with Crippen molar-refractivity contribution in [3.63, 3.8) is 0 Å². The second-order valence-electron chi connectivity index (χ2n) is 7.23. The summed E-state index contributed by atoms with van der Waals surface area (Å²) in [5, 5.41) is 3.57. The molecule has 0 bridgehead atoms. The first-order valence-corrected chi connectivity index (χ1v) is 9.57. The third kappa shape index (κ3) is 6.17. The molecule has 0 aromatic heterocycles. The van der Waals surface area contributed by atoms with Crippen molar-refractivity contribution in [1.82, 2.24) is 10.4 Å². The predicted molar refractivity (Wildman–Crippen MR) is 111 cm³/mol. The minimum Gasteiger partial charge on any atom is -0.305 e. The molecule has 30 heavy (non-hydrogen) atoms. The number of benzene rings is 2. The van der Waals surface area contributed by atoms with E-state index in [1.807, 2.05) is 0 Å². The number of alkyl halides is 3. The van der Waals surface area contributed by atoms with E-state index in [0.717, 1.165) is 17.1 Å². The van der Waals surface area contributed by atoms with E-state index >= 15 is 0 Å². The van der Waals surface area contributed by atoms with Crippen molar-refractivity contribution in [1.29, 1.82) is 0 Å². The Bertz CT molecular complexity index is 955. The second-order valence-corrected chi connectivity index (χ2v) is 8.51. The number of hydrogen-bond acceptors (Lipinski definition) is 2. The lowest BCUT2D eigenvalue weighted by Gasteiger charge is -2.35. The molecular weight excluding hydrogens is 466 g/mol. The van der Waals surface area contributed by atoms with E-state index in [2.05, 4.69) is 10.7 Å². The van der Waals surface area contributed by atoms with Crippen LogP contribution in [0.2, 0.25) is 15.1 Å². The minimum atomic E-state index is -4.61. The monoisotopic (exact) mass is 481 g/mol. The molecular formula is C19H17Cl3F3N3O2. The van der Waals surface area contributed by atoms with Crippen LogP contribution in [0.25, 0.3) is 0 Å². The van der Waals surface area contributed by atoms with Crippen LogP contribution in [0.3, 0.4) is 0 Å². The van der Waals surface area contributed by atoms with Crippen molar-refractivity contribution in [2.24, 2.45) is 0 Å². The summed E-state index contributed by atoms with van der Waals surface area (Å²) >= 11 is 17.8. The van der Waals surface area contributed by atoms with E-state index in [1.54, 1.807) is 20.8 Å². The maximum absolute atomic E-state index is 12.9. The zero-order valence-corrected chi connectivity index (χ0v) is 18.3. The Hall–Kier alpha value is -2.16. The largest absolute Gasteiger partial charge is 0.416 e. The smallest absolute Gasteiger partial charge is 0.305 e. The van der Waals surface area contributed by atoms with Crippen molar-refractivity contribution >= 4 is 52.4 Å². The van der Waals surface area contributed by atoms with E-state index in [9.17, 15) is 22.8 Å². The van der Waals surface area contributed by atoms with Gasteiger partial charge in [-0.2, -0.15) is 13.2 Å². The van der Waals surface area contributed by atoms with Crippen LogP contribution in [0.5, 0.6) is 0 Å². The molecule has 5 nitrogen and oxygen atoms in total. The number of nitrogens with one attached hydrogen (secondary N) is 2. The second kappa shape index (κ2) is 8.91. The number of amides is 3. The van der Waals surface area contributed by atoms with Gasteiger partial charge >= 0.3 is 12.2 Å².